The highest BCUT2D eigenvalue weighted by molar-refractivity contribution is 6.30. The highest BCUT2D eigenvalue weighted by Gasteiger charge is 2.22. The van der Waals surface area contributed by atoms with Crippen molar-refractivity contribution in [3.63, 3.8) is 0 Å². The average molecular weight is 396 g/mol. The number of ether oxygens (including phenoxy) is 1. The van der Waals surface area contributed by atoms with Crippen LogP contribution in [0.15, 0.2) is 54.7 Å². The fourth-order valence-electron chi connectivity index (χ4n) is 3.54. The molecule has 0 bridgehead atoms. The van der Waals surface area contributed by atoms with Gasteiger partial charge >= 0.3 is 0 Å². The number of aryl methyl sites for hydroxylation is 1. The second-order valence-corrected chi connectivity index (χ2v) is 7.36. The molecule has 6 heteroatoms. The molecule has 1 aliphatic rings. The molecule has 0 atom stereocenters. The predicted octanol–water partition coefficient (Wildman–Crippen LogP) is 3.92. The Morgan fingerprint density at radius 1 is 1.11 bits per heavy atom. The normalized spacial score (nSPS) is 14.4. The average Bonchev–Trinajstić information content (AvgIpc) is 2.74. The molecule has 2 aromatic carbocycles. The number of carbonyl (C=O) groups is 1. The van der Waals surface area contributed by atoms with Crippen LogP contribution in [0.2, 0.25) is 5.02 Å². The number of piperazine rings is 1. The Kier molecular flexibility index (Phi) is 5.35. The van der Waals surface area contributed by atoms with Gasteiger partial charge in [0, 0.05) is 48.5 Å². The van der Waals surface area contributed by atoms with Crippen LogP contribution in [-0.4, -0.2) is 48.6 Å². The van der Waals surface area contributed by atoms with Gasteiger partial charge in [-0.05, 0) is 36.8 Å². The molecule has 3 aromatic rings. The summed E-state index contributed by atoms with van der Waals surface area (Å²) < 4.78 is 5.80. The van der Waals surface area contributed by atoms with Gasteiger partial charge in [0.2, 0.25) is 0 Å². The number of fused-ring (bicyclic) bond motifs is 1. The van der Waals surface area contributed by atoms with Crippen LogP contribution in [0.25, 0.3) is 10.9 Å². The van der Waals surface area contributed by atoms with Crippen LogP contribution in [0.1, 0.15) is 5.56 Å². The zero-order valence-electron chi connectivity index (χ0n) is 15.8. The zero-order chi connectivity index (χ0) is 19.5. The first-order chi connectivity index (χ1) is 13.6. The molecular weight excluding hydrogens is 374 g/mol. The van der Waals surface area contributed by atoms with Crippen molar-refractivity contribution in [3.05, 3.63) is 65.3 Å². The van der Waals surface area contributed by atoms with E-state index in [0.717, 1.165) is 34.7 Å². The zero-order valence-corrected chi connectivity index (χ0v) is 16.5. The number of hydrogen-bond acceptors (Lipinski definition) is 4. The summed E-state index contributed by atoms with van der Waals surface area (Å²) in [5.74, 6) is 0.634. The molecule has 144 valence electrons. The van der Waals surface area contributed by atoms with Gasteiger partial charge in [-0.15, -0.1) is 0 Å². The molecule has 1 aliphatic heterocycles. The van der Waals surface area contributed by atoms with Gasteiger partial charge in [0.05, 0.1) is 0 Å². The first-order valence-electron chi connectivity index (χ1n) is 9.37. The number of nitrogens with zero attached hydrogens (tertiary/aromatic N) is 3. The fraction of sp³-hybridized carbons (Fsp3) is 0.273. The van der Waals surface area contributed by atoms with E-state index in [2.05, 4.69) is 16.8 Å². The van der Waals surface area contributed by atoms with E-state index in [1.807, 2.05) is 53.4 Å². The number of amides is 1. The summed E-state index contributed by atoms with van der Waals surface area (Å²) in [6.07, 6.45) is 1.73. The molecule has 28 heavy (non-hydrogen) atoms. The summed E-state index contributed by atoms with van der Waals surface area (Å²) in [6.45, 7) is 5.00. The SMILES string of the molecule is Cc1ccc(Cl)cc1N1CCN(C(=O)COc2cccc3cccnc23)CC1. The summed E-state index contributed by atoms with van der Waals surface area (Å²) in [7, 11) is 0. The maximum atomic E-state index is 12.6. The van der Waals surface area contributed by atoms with Crippen molar-refractivity contribution in [1.82, 2.24) is 9.88 Å². The number of anilines is 1. The number of para-hydroxylation sites is 1. The van der Waals surface area contributed by atoms with E-state index in [-0.39, 0.29) is 12.5 Å². The van der Waals surface area contributed by atoms with Crippen LogP contribution in [0, 0.1) is 6.92 Å². The Hall–Kier alpha value is -2.79. The minimum absolute atomic E-state index is 0.00426. The van der Waals surface area contributed by atoms with Gasteiger partial charge in [-0.25, -0.2) is 0 Å². The molecule has 0 spiro atoms. The van der Waals surface area contributed by atoms with Gasteiger partial charge in [-0.1, -0.05) is 35.9 Å². The molecule has 1 aromatic heterocycles. The number of carbonyl (C=O) groups excluding carboxylic acids is 1. The largest absolute Gasteiger partial charge is 0.481 e. The van der Waals surface area contributed by atoms with Crippen molar-refractivity contribution in [2.24, 2.45) is 0 Å². The Morgan fingerprint density at radius 2 is 1.89 bits per heavy atom. The van der Waals surface area contributed by atoms with Crippen LogP contribution < -0.4 is 9.64 Å². The molecule has 0 N–H and O–H groups in total. The topological polar surface area (TPSA) is 45.7 Å². The van der Waals surface area contributed by atoms with Crippen LogP contribution in [-0.2, 0) is 4.79 Å². The third-order valence-corrected chi connectivity index (χ3v) is 5.33. The molecule has 0 radical (unpaired) electrons. The molecule has 1 fully saturated rings. The molecule has 0 saturated carbocycles. The summed E-state index contributed by atoms with van der Waals surface area (Å²) in [4.78, 5) is 21.1. The Labute approximate surface area is 169 Å². The second kappa shape index (κ2) is 8.07. The van der Waals surface area contributed by atoms with E-state index in [0.29, 0.717) is 18.8 Å². The van der Waals surface area contributed by atoms with Gasteiger partial charge in [0.15, 0.2) is 6.61 Å². The Bertz CT molecular complexity index is 995. The van der Waals surface area contributed by atoms with Gasteiger partial charge in [0.1, 0.15) is 11.3 Å². The van der Waals surface area contributed by atoms with E-state index in [4.69, 9.17) is 16.3 Å². The third kappa shape index (κ3) is 3.90. The maximum absolute atomic E-state index is 12.6. The second-order valence-electron chi connectivity index (χ2n) is 6.92. The van der Waals surface area contributed by atoms with Crippen LogP contribution in [0.5, 0.6) is 5.75 Å². The minimum atomic E-state index is -0.00426. The van der Waals surface area contributed by atoms with E-state index >= 15 is 0 Å². The van der Waals surface area contributed by atoms with E-state index in [9.17, 15) is 4.79 Å². The molecule has 0 unspecified atom stereocenters. The quantitative estimate of drug-likeness (QED) is 0.671. The molecule has 2 heterocycles. The van der Waals surface area contributed by atoms with E-state index in [1.165, 1.54) is 5.56 Å². The van der Waals surface area contributed by atoms with Crippen molar-refractivity contribution in [2.45, 2.75) is 6.92 Å². The highest BCUT2D eigenvalue weighted by atomic mass is 35.5. The number of aromatic nitrogens is 1. The number of rotatable bonds is 4. The molecule has 5 nitrogen and oxygen atoms in total. The fourth-order valence-corrected chi connectivity index (χ4v) is 3.71. The van der Waals surface area contributed by atoms with Crippen LogP contribution >= 0.6 is 11.6 Å². The van der Waals surface area contributed by atoms with Crippen molar-refractivity contribution in [2.75, 3.05) is 37.7 Å². The summed E-state index contributed by atoms with van der Waals surface area (Å²) in [6, 6.07) is 15.5. The molecule has 4 rings (SSSR count). The number of pyridine rings is 1. The first-order valence-corrected chi connectivity index (χ1v) is 9.75. The number of halogens is 1. The minimum Gasteiger partial charge on any atom is -0.481 e. The standard InChI is InChI=1S/C22H22ClN3O2/c1-16-7-8-18(23)14-19(16)25-10-12-26(13-11-25)21(27)15-28-20-6-2-4-17-5-3-9-24-22(17)20/h2-9,14H,10-13,15H2,1H3. The van der Waals surface area contributed by atoms with E-state index in [1.54, 1.807) is 6.20 Å². The summed E-state index contributed by atoms with van der Waals surface area (Å²) >= 11 is 6.14. The maximum Gasteiger partial charge on any atom is 0.260 e. The molecule has 1 amide bonds. The third-order valence-electron chi connectivity index (χ3n) is 5.09. The van der Waals surface area contributed by atoms with Crippen LogP contribution in [0.4, 0.5) is 5.69 Å². The summed E-state index contributed by atoms with van der Waals surface area (Å²) in [5, 5.41) is 1.73. The number of hydrogen-bond donors (Lipinski definition) is 0. The Balaban J connectivity index is 1.36. The van der Waals surface area contributed by atoms with Crippen molar-refractivity contribution in [3.8, 4) is 5.75 Å². The molecular formula is C22H22ClN3O2. The van der Waals surface area contributed by atoms with Gasteiger partial charge < -0.3 is 14.5 Å². The lowest BCUT2D eigenvalue weighted by molar-refractivity contribution is -0.133. The van der Waals surface area contributed by atoms with Crippen molar-refractivity contribution < 1.29 is 9.53 Å². The molecule has 0 aliphatic carbocycles. The lowest BCUT2D eigenvalue weighted by Crippen LogP contribution is -2.50. The van der Waals surface area contributed by atoms with Crippen LogP contribution in [0.3, 0.4) is 0 Å². The monoisotopic (exact) mass is 395 g/mol. The smallest absolute Gasteiger partial charge is 0.260 e. The number of benzene rings is 2. The summed E-state index contributed by atoms with van der Waals surface area (Å²) in [5.41, 5.74) is 3.10. The molecule has 1 saturated heterocycles. The van der Waals surface area contributed by atoms with Crippen molar-refractivity contribution in [1.29, 1.82) is 0 Å². The lowest BCUT2D eigenvalue weighted by Gasteiger charge is -2.36. The van der Waals surface area contributed by atoms with Gasteiger partial charge in [-0.2, -0.15) is 0 Å². The van der Waals surface area contributed by atoms with Gasteiger partial charge in [0.25, 0.3) is 5.91 Å². The first kappa shape index (κ1) is 18.6. The van der Waals surface area contributed by atoms with Crippen molar-refractivity contribution >= 4 is 34.1 Å². The predicted molar refractivity (Wildman–Crippen MR) is 112 cm³/mol. The van der Waals surface area contributed by atoms with E-state index < -0.39 is 0 Å². The van der Waals surface area contributed by atoms with Gasteiger partial charge in [-0.3, -0.25) is 9.78 Å². The Morgan fingerprint density at radius 3 is 2.71 bits per heavy atom. The highest BCUT2D eigenvalue weighted by Crippen LogP contribution is 2.26. The lowest BCUT2D eigenvalue weighted by atomic mass is 10.1.